The molecule has 0 spiro atoms. The number of hydrogen-bond acceptors (Lipinski definition) is 3. The molecule has 0 aliphatic carbocycles. The fourth-order valence-electron chi connectivity index (χ4n) is 3.28. The fourth-order valence-corrected chi connectivity index (χ4v) is 3.28. The van der Waals surface area contributed by atoms with Crippen LogP contribution in [0.4, 0.5) is 0 Å². The van der Waals surface area contributed by atoms with Gasteiger partial charge in [-0.15, -0.1) is 0 Å². The lowest BCUT2D eigenvalue weighted by molar-refractivity contribution is -0.129. The number of piperazine rings is 1. The zero-order chi connectivity index (χ0) is 19.1. The topological polar surface area (TPSA) is 52.7 Å². The molecule has 1 aliphatic rings. The molecule has 2 aromatic rings. The maximum Gasteiger partial charge on any atom is 0.253 e. The van der Waals surface area contributed by atoms with Crippen LogP contribution in [0.5, 0.6) is 0 Å². The summed E-state index contributed by atoms with van der Waals surface area (Å²) in [5, 5.41) is 3.26. The second-order valence-electron chi connectivity index (χ2n) is 6.92. The summed E-state index contributed by atoms with van der Waals surface area (Å²) in [6, 6.07) is 17.8. The molecule has 2 amide bonds. The van der Waals surface area contributed by atoms with Gasteiger partial charge in [0.2, 0.25) is 5.91 Å². The van der Waals surface area contributed by atoms with Crippen LogP contribution in [-0.2, 0) is 17.8 Å². The van der Waals surface area contributed by atoms with Crippen molar-refractivity contribution in [2.45, 2.75) is 19.9 Å². The monoisotopic (exact) mass is 365 g/mol. The van der Waals surface area contributed by atoms with Gasteiger partial charge in [0.25, 0.3) is 5.91 Å². The zero-order valence-corrected chi connectivity index (χ0v) is 15.9. The molecule has 0 aromatic heterocycles. The Hall–Kier alpha value is -2.66. The van der Waals surface area contributed by atoms with Crippen molar-refractivity contribution in [2.75, 3.05) is 32.7 Å². The molecule has 1 heterocycles. The highest BCUT2D eigenvalue weighted by Crippen LogP contribution is 2.11. The molecule has 5 heteroatoms. The van der Waals surface area contributed by atoms with E-state index in [1.54, 1.807) is 6.92 Å². The van der Waals surface area contributed by atoms with Crippen LogP contribution in [-0.4, -0.2) is 54.3 Å². The maximum atomic E-state index is 12.5. The summed E-state index contributed by atoms with van der Waals surface area (Å²) in [4.78, 5) is 28.2. The van der Waals surface area contributed by atoms with Gasteiger partial charge in [-0.1, -0.05) is 42.5 Å². The molecule has 2 aromatic carbocycles. The average molecular weight is 365 g/mol. The van der Waals surface area contributed by atoms with Crippen molar-refractivity contribution in [3.05, 3.63) is 71.3 Å². The lowest BCUT2D eigenvalue weighted by Crippen LogP contribution is -2.46. The van der Waals surface area contributed by atoms with Gasteiger partial charge in [-0.2, -0.15) is 0 Å². The van der Waals surface area contributed by atoms with Gasteiger partial charge in [-0.25, -0.2) is 0 Å². The fraction of sp³-hybridized carbons (Fsp3) is 0.364. The van der Waals surface area contributed by atoms with Crippen LogP contribution in [0.2, 0.25) is 0 Å². The van der Waals surface area contributed by atoms with E-state index in [1.807, 2.05) is 64.4 Å². The van der Waals surface area contributed by atoms with E-state index in [4.69, 9.17) is 0 Å². The molecule has 27 heavy (non-hydrogen) atoms. The summed E-state index contributed by atoms with van der Waals surface area (Å²) in [6.07, 6.45) is 0.772. The van der Waals surface area contributed by atoms with Crippen molar-refractivity contribution in [3.63, 3.8) is 0 Å². The van der Waals surface area contributed by atoms with Crippen LogP contribution >= 0.6 is 0 Å². The minimum atomic E-state index is 0.0735. The molecule has 1 saturated heterocycles. The smallest absolute Gasteiger partial charge is 0.253 e. The molecule has 0 atom stereocenters. The van der Waals surface area contributed by atoms with Gasteiger partial charge < -0.3 is 15.1 Å². The number of carbonyl (C=O) groups is 2. The Balaban J connectivity index is 1.56. The first-order chi connectivity index (χ1) is 13.1. The van der Waals surface area contributed by atoms with E-state index in [0.29, 0.717) is 13.1 Å². The highest BCUT2D eigenvalue weighted by atomic mass is 16.2. The minimum absolute atomic E-state index is 0.0735. The molecule has 1 aliphatic heterocycles. The Morgan fingerprint density at radius 3 is 2.26 bits per heavy atom. The second kappa shape index (κ2) is 9.33. The summed E-state index contributed by atoms with van der Waals surface area (Å²) >= 11 is 0. The molecule has 0 radical (unpaired) electrons. The Morgan fingerprint density at radius 2 is 1.63 bits per heavy atom. The summed E-state index contributed by atoms with van der Waals surface area (Å²) in [5.74, 6) is 0.168. The second-order valence-corrected chi connectivity index (χ2v) is 6.92. The van der Waals surface area contributed by atoms with Gasteiger partial charge in [0.1, 0.15) is 0 Å². The number of nitrogens with one attached hydrogen (secondary N) is 1. The SMILES string of the molecule is CC(=O)N(CCc1ccc(C(=O)N2CCNCC2)cc1)Cc1ccccc1. The molecule has 1 N–H and O–H groups in total. The van der Waals surface area contributed by atoms with Crippen molar-refractivity contribution < 1.29 is 9.59 Å². The molecule has 5 nitrogen and oxygen atoms in total. The van der Waals surface area contributed by atoms with Crippen LogP contribution in [0.25, 0.3) is 0 Å². The first kappa shape index (κ1) is 19.1. The van der Waals surface area contributed by atoms with Crippen molar-refractivity contribution in [2.24, 2.45) is 0 Å². The van der Waals surface area contributed by atoms with E-state index in [0.717, 1.165) is 49.3 Å². The van der Waals surface area contributed by atoms with E-state index in [-0.39, 0.29) is 11.8 Å². The molecular weight excluding hydrogens is 338 g/mol. The third kappa shape index (κ3) is 5.41. The van der Waals surface area contributed by atoms with Crippen molar-refractivity contribution >= 4 is 11.8 Å². The highest BCUT2D eigenvalue weighted by molar-refractivity contribution is 5.94. The predicted molar refractivity (Wildman–Crippen MR) is 106 cm³/mol. The standard InChI is InChI=1S/C22H27N3O2/c1-18(26)25(17-20-5-3-2-4-6-20)14-11-19-7-9-21(10-8-19)22(27)24-15-12-23-13-16-24/h2-10,23H,11-17H2,1H3. The maximum absolute atomic E-state index is 12.5. The van der Waals surface area contributed by atoms with E-state index in [2.05, 4.69) is 5.32 Å². The number of amides is 2. The normalized spacial score (nSPS) is 14.0. The Labute approximate surface area is 161 Å². The van der Waals surface area contributed by atoms with Crippen LogP contribution in [0.1, 0.15) is 28.4 Å². The molecule has 3 rings (SSSR count). The number of nitrogens with zero attached hydrogens (tertiary/aromatic N) is 2. The summed E-state index contributed by atoms with van der Waals surface area (Å²) < 4.78 is 0. The van der Waals surface area contributed by atoms with E-state index in [1.165, 1.54) is 0 Å². The van der Waals surface area contributed by atoms with Gasteiger partial charge in [-0.3, -0.25) is 9.59 Å². The molecule has 0 saturated carbocycles. The first-order valence-corrected chi connectivity index (χ1v) is 9.52. The largest absolute Gasteiger partial charge is 0.338 e. The number of hydrogen-bond donors (Lipinski definition) is 1. The van der Waals surface area contributed by atoms with Crippen LogP contribution in [0.15, 0.2) is 54.6 Å². The number of rotatable bonds is 6. The third-order valence-electron chi connectivity index (χ3n) is 4.94. The predicted octanol–water partition coefficient (Wildman–Crippen LogP) is 2.32. The lowest BCUT2D eigenvalue weighted by atomic mass is 10.1. The summed E-state index contributed by atoms with van der Waals surface area (Å²) in [7, 11) is 0. The minimum Gasteiger partial charge on any atom is -0.338 e. The van der Waals surface area contributed by atoms with E-state index in [9.17, 15) is 9.59 Å². The third-order valence-corrected chi connectivity index (χ3v) is 4.94. The number of benzene rings is 2. The van der Waals surface area contributed by atoms with E-state index < -0.39 is 0 Å². The van der Waals surface area contributed by atoms with Crippen LogP contribution < -0.4 is 5.32 Å². The molecule has 142 valence electrons. The van der Waals surface area contributed by atoms with Gasteiger partial charge in [0.15, 0.2) is 0 Å². The summed E-state index contributed by atoms with van der Waals surface area (Å²) in [5.41, 5.74) is 2.99. The molecule has 0 bridgehead atoms. The molecule has 0 unspecified atom stereocenters. The quantitative estimate of drug-likeness (QED) is 0.855. The van der Waals surface area contributed by atoms with Gasteiger partial charge in [0, 0.05) is 51.8 Å². The number of carbonyl (C=O) groups excluding carboxylic acids is 2. The van der Waals surface area contributed by atoms with E-state index >= 15 is 0 Å². The lowest BCUT2D eigenvalue weighted by Gasteiger charge is -2.27. The molecular formula is C22H27N3O2. The van der Waals surface area contributed by atoms with Crippen molar-refractivity contribution in [3.8, 4) is 0 Å². The van der Waals surface area contributed by atoms with Crippen molar-refractivity contribution in [1.82, 2.24) is 15.1 Å². The molecule has 1 fully saturated rings. The van der Waals surface area contributed by atoms with Crippen LogP contribution in [0.3, 0.4) is 0 Å². The summed E-state index contributed by atoms with van der Waals surface area (Å²) in [6.45, 7) is 6.11. The Bertz CT molecular complexity index is 753. The highest BCUT2D eigenvalue weighted by Gasteiger charge is 2.17. The van der Waals surface area contributed by atoms with Crippen LogP contribution in [0, 0.1) is 0 Å². The first-order valence-electron chi connectivity index (χ1n) is 9.52. The average Bonchev–Trinajstić information content (AvgIpc) is 2.72. The zero-order valence-electron chi connectivity index (χ0n) is 15.9. The van der Waals surface area contributed by atoms with Gasteiger partial charge >= 0.3 is 0 Å². The Morgan fingerprint density at radius 1 is 0.963 bits per heavy atom. The van der Waals surface area contributed by atoms with Gasteiger partial charge in [-0.05, 0) is 29.7 Å². The van der Waals surface area contributed by atoms with Gasteiger partial charge in [0.05, 0.1) is 0 Å². The van der Waals surface area contributed by atoms with Crippen molar-refractivity contribution in [1.29, 1.82) is 0 Å². The Kier molecular flexibility index (Phi) is 6.60.